The van der Waals surface area contributed by atoms with Crippen LogP contribution in [0.1, 0.15) is 97.9 Å². The molecule has 68 heavy (non-hydrogen) atoms. The van der Waals surface area contributed by atoms with Crippen LogP contribution in [-0.4, -0.2) is 39.5 Å². The predicted molar refractivity (Wildman–Crippen MR) is 269 cm³/mol. The van der Waals surface area contributed by atoms with Gasteiger partial charge in [0.15, 0.2) is 0 Å². The third kappa shape index (κ3) is 16.7. The van der Waals surface area contributed by atoms with Crippen LogP contribution in [0.4, 0.5) is 0 Å². The minimum Gasteiger partial charge on any atom is -0.493 e. The Hall–Kier alpha value is -5.91. The molecule has 0 saturated carbocycles. The molecule has 0 saturated heterocycles. The van der Waals surface area contributed by atoms with E-state index >= 15 is 0 Å². The quantitative estimate of drug-likeness (QED) is 0.0328. The molecule has 4 aromatic carbocycles. The van der Waals surface area contributed by atoms with E-state index < -0.39 is 8.25 Å². The zero-order chi connectivity index (χ0) is 47.9. The lowest BCUT2D eigenvalue weighted by molar-refractivity contribution is 0.220. The summed E-state index contributed by atoms with van der Waals surface area (Å²) in [5.41, 5.74) is 12.1. The summed E-state index contributed by atoms with van der Waals surface area (Å²) in [5, 5.41) is 26.2. The van der Waals surface area contributed by atoms with Gasteiger partial charge in [-0.15, -0.1) is 0 Å². The summed E-state index contributed by atoms with van der Waals surface area (Å²) >= 11 is 0. The molecule has 11 nitrogen and oxygen atoms in total. The van der Waals surface area contributed by atoms with E-state index in [1.807, 2.05) is 36.4 Å². The maximum atomic E-state index is 12.4. The summed E-state index contributed by atoms with van der Waals surface area (Å²) in [7, 11) is -2.58. The average molecular weight is 939 g/mol. The second-order valence-corrected chi connectivity index (χ2v) is 19.1. The van der Waals surface area contributed by atoms with E-state index in [4.69, 9.17) is 27.4 Å². The van der Waals surface area contributed by atoms with Crippen LogP contribution < -0.4 is 20.1 Å². The lowest BCUT2D eigenvalue weighted by atomic mass is 9.96. The molecule has 2 N–H and O–H groups in total. The van der Waals surface area contributed by atoms with E-state index in [1.54, 1.807) is 25.1 Å². The van der Waals surface area contributed by atoms with Gasteiger partial charge < -0.3 is 38.0 Å². The van der Waals surface area contributed by atoms with Crippen LogP contribution in [0.25, 0.3) is 22.3 Å². The largest absolute Gasteiger partial charge is 0.493 e. The fourth-order valence-electron chi connectivity index (χ4n) is 8.04. The van der Waals surface area contributed by atoms with E-state index in [0.717, 1.165) is 117 Å². The highest BCUT2D eigenvalue weighted by Crippen LogP contribution is 2.33. The van der Waals surface area contributed by atoms with E-state index in [1.165, 1.54) is 0 Å². The van der Waals surface area contributed by atoms with Crippen LogP contribution in [0.5, 0.6) is 11.5 Å². The Kier molecular flexibility index (Phi) is 21.0. The van der Waals surface area contributed by atoms with E-state index in [2.05, 4.69) is 99.0 Å². The van der Waals surface area contributed by atoms with Gasteiger partial charge in [-0.3, -0.25) is 4.57 Å². The van der Waals surface area contributed by atoms with E-state index in [9.17, 15) is 15.1 Å². The first kappa shape index (κ1) is 51.5. The van der Waals surface area contributed by atoms with Gasteiger partial charge >= 0.3 is 8.25 Å². The zero-order valence-electron chi connectivity index (χ0n) is 40.1. The third-order valence-electron chi connectivity index (χ3n) is 11.4. The molecule has 6 rings (SSSR count). The summed E-state index contributed by atoms with van der Waals surface area (Å²) in [4.78, 5) is 0. The van der Waals surface area contributed by atoms with Gasteiger partial charge in [0.25, 0.3) is 0 Å². The molecule has 0 unspecified atom stereocenters. The summed E-state index contributed by atoms with van der Waals surface area (Å²) in [5.74, 6) is 2.60. The maximum absolute atomic E-state index is 12.4. The van der Waals surface area contributed by atoms with Gasteiger partial charge in [-0.2, -0.15) is 10.5 Å². The number of hydrogen-bond donors (Lipinski definition) is 2. The molecular weight excluding hydrogens is 872 g/mol. The summed E-state index contributed by atoms with van der Waals surface area (Å²) in [6.45, 7) is 13.1. The van der Waals surface area contributed by atoms with Gasteiger partial charge in [-0.05, 0) is 158 Å². The Morgan fingerprint density at radius 1 is 0.559 bits per heavy atom. The summed E-state index contributed by atoms with van der Waals surface area (Å²) in [6.07, 6.45) is 13.3. The van der Waals surface area contributed by atoms with E-state index in [0.29, 0.717) is 77.3 Å². The standard InChI is InChI=1S/C56H67N4O7P/c1-41(2)29-47-15-11-43(31-51(47)35-57)9-5-23-64-55-17-13-45(33-53(55)49-19-27-62-39-49)37-59-21-7-25-66-68(61)67-26-8-22-60-38-46-14-18-56(54(34-46)50-20-28-63-40-50)65-24-6-10-44-12-16-48(30-42(3)4)52(32-44)36-58/h11-20,27-28,31-34,39-42,59-60,68H,5-10,21-26,29-30,37-38H2,1-4H3. The van der Waals surface area contributed by atoms with Gasteiger partial charge in [0.2, 0.25) is 0 Å². The number of benzene rings is 4. The number of ether oxygens (including phenoxy) is 2. The highest BCUT2D eigenvalue weighted by molar-refractivity contribution is 7.33. The van der Waals surface area contributed by atoms with Crippen LogP contribution in [0.3, 0.4) is 0 Å². The van der Waals surface area contributed by atoms with Crippen molar-refractivity contribution in [1.82, 2.24) is 10.6 Å². The molecule has 0 aliphatic rings. The van der Waals surface area contributed by atoms with Crippen molar-refractivity contribution in [3.05, 3.63) is 154 Å². The summed E-state index contributed by atoms with van der Waals surface area (Å²) in [6, 6.07) is 33.4. The highest BCUT2D eigenvalue weighted by atomic mass is 31.1. The van der Waals surface area contributed by atoms with Crippen molar-refractivity contribution >= 4 is 8.25 Å². The van der Waals surface area contributed by atoms with Crippen LogP contribution >= 0.6 is 8.25 Å². The molecule has 12 heteroatoms. The van der Waals surface area contributed by atoms with Crippen molar-refractivity contribution in [2.75, 3.05) is 39.5 Å². The molecule has 0 amide bonds. The lowest BCUT2D eigenvalue weighted by Crippen LogP contribution is -2.16. The monoisotopic (exact) mass is 938 g/mol. The number of aryl methyl sites for hydroxylation is 2. The first-order valence-electron chi connectivity index (χ1n) is 24.0. The zero-order valence-corrected chi connectivity index (χ0v) is 41.1. The Morgan fingerprint density at radius 3 is 1.40 bits per heavy atom. The number of nitriles is 2. The van der Waals surface area contributed by atoms with Crippen LogP contribution in [0.2, 0.25) is 0 Å². The molecule has 6 aromatic rings. The molecule has 0 aliphatic carbocycles. The van der Waals surface area contributed by atoms with Crippen LogP contribution in [-0.2, 0) is 52.4 Å². The predicted octanol–water partition coefficient (Wildman–Crippen LogP) is 12.5. The molecule has 2 heterocycles. The van der Waals surface area contributed by atoms with Crippen molar-refractivity contribution < 1.29 is 31.9 Å². The number of furan rings is 2. The molecule has 0 fully saturated rings. The first-order valence-corrected chi connectivity index (χ1v) is 25.2. The fraction of sp³-hybridized carbons (Fsp3) is 0.393. The molecule has 2 aromatic heterocycles. The average Bonchev–Trinajstić information content (AvgIpc) is 4.09. The van der Waals surface area contributed by atoms with Crippen molar-refractivity contribution in [2.24, 2.45) is 11.8 Å². The molecule has 0 bridgehead atoms. The van der Waals surface area contributed by atoms with Crippen molar-refractivity contribution in [3.8, 4) is 45.9 Å². The Balaban J connectivity index is 0.839. The first-order chi connectivity index (χ1) is 33.2. The molecule has 0 spiro atoms. The normalized spacial score (nSPS) is 11.4. The van der Waals surface area contributed by atoms with Gasteiger partial charge in [0, 0.05) is 35.3 Å². The number of nitrogens with one attached hydrogen (secondary N) is 2. The van der Waals surface area contributed by atoms with Gasteiger partial charge in [0.1, 0.15) is 11.5 Å². The second kappa shape index (κ2) is 27.8. The number of nitrogens with zero attached hydrogens (tertiary/aromatic N) is 2. The second-order valence-electron chi connectivity index (χ2n) is 18.0. The molecule has 0 aliphatic heterocycles. The van der Waals surface area contributed by atoms with Crippen molar-refractivity contribution in [3.63, 3.8) is 0 Å². The summed E-state index contributed by atoms with van der Waals surface area (Å²) < 4.78 is 46.7. The Bertz CT molecular complexity index is 2380. The lowest BCUT2D eigenvalue weighted by Gasteiger charge is -2.14. The van der Waals surface area contributed by atoms with Gasteiger partial charge in [-0.1, -0.05) is 64.1 Å². The molecule has 0 radical (unpaired) electrons. The third-order valence-corrected chi connectivity index (χ3v) is 12.3. The van der Waals surface area contributed by atoms with Crippen molar-refractivity contribution in [1.29, 1.82) is 10.5 Å². The number of hydrogen-bond acceptors (Lipinski definition) is 11. The Labute approximate surface area is 403 Å². The van der Waals surface area contributed by atoms with Crippen molar-refractivity contribution in [2.45, 2.75) is 92.2 Å². The number of rotatable bonds is 30. The minimum atomic E-state index is -2.58. The van der Waals surface area contributed by atoms with Crippen LogP contribution in [0.15, 0.2) is 119 Å². The van der Waals surface area contributed by atoms with Gasteiger partial charge in [0.05, 0.1) is 74.7 Å². The smallest absolute Gasteiger partial charge is 0.319 e. The SMILES string of the molecule is CC(C)Cc1ccc(CCCOc2ccc(CNCCCO[PH](=O)OCCCNCc3ccc(OCCCc4ccc(CC(C)C)c(C#N)c4)c(-c4ccoc4)c3)cc2-c2ccoc2)cc1C#N. The topological polar surface area (TPSA) is 152 Å². The van der Waals surface area contributed by atoms with Crippen LogP contribution in [0, 0.1) is 34.5 Å². The molecular formula is C56H67N4O7P. The van der Waals surface area contributed by atoms with E-state index in [-0.39, 0.29) is 0 Å². The maximum Gasteiger partial charge on any atom is 0.319 e. The Morgan fingerprint density at radius 2 is 1.00 bits per heavy atom. The highest BCUT2D eigenvalue weighted by Gasteiger charge is 2.13. The minimum absolute atomic E-state index is 0.338. The fourth-order valence-corrected chi connectivity index (χ4v) is 8.75. The molecule has 358 valence electrons. The van der Waals surface area contributed by atoms with Gasteiger partial charge in [-0.25, -0.2) is 0 Å². The molecule has 0 atom stereocenters.